The Morgan fingerprint density at radius 2 is 1.86 bits per heavy atom. The summed E-state index contributed by atoms with van der Waals surface area (Å²) in [6.45, 7) is 1.86. The predicted octanol–water partition coefficient (Wildman–Crippen LogP) is 4.37. The van der Waals surface area contributed by atoms with E-state index in [1.807, 2.05) is 81.8 Å². The van der Waals surface area contributed by atoms with E-state index < -0.39 is 0 Å². The van der Waals surface area contributed by atoms with E-state index in [4.69, 9.17) is 4.42 Å². The molecule has 1 fully saturated rings. The number of fused-ring (bicyclic) bond motifs is 2. The van der Waals surface area contributed by atoms with Crippen LogP contribution in [-0.4, -0.2) is 43.8 Å². The number of carbonyl (C=O) groups is 2. The number of pyridine rings is 1. The van der Waals surface area contributed by atoms with Gasteiger partial charge in [-0.3, -0.25) is 9.59 Å². The highest BCUT2D eigenvalue weighted by molar-refractivity contribution is 5.97. The molecule has 8 heteroatoms. The molecule has 8 nitrogen and oxygen atoms in total. The molecule has 4 aromatic heterocycles. The fourth-order valence-electron chi connectivity index (χ4n) is 5.09. The zero-order chi connectivity index (χ0) is 24.6. The number of amides is 2. The molecule has 36 heavy (non-hydrogen) atoms. The molecule has 5 heterocycles. The minimum absolute atomic E-state index is 0.0428. The van der Waals surface area contributed by atoms with Crippen LogP contribution in [0.2, 0.25) is 0 Å². The van der Waals surface area contributed by atoms with Crippen LogP contribution in [0.4, 0.5) is 0 Å². The maximum absolute atomic E-state index is 13.1. The van der Waals surface area contributed by atoms with Crippen LogP contribution in [0.5, 0.6) is 0 Å². The van der Waals surface area contributed by atoms with E-state index in [2.05, 4.69) is 10.3 Å². The number of hydrogen-bond acceptors (Lipinski definition) is 4. The smallest absolute Gasteiger partial charge is 0.270 e. The van der Waals surface area contributed by atoms with Gasteiger partial charge in [-0.1, -0.05) is 12.1 Å². The predicted molar refractivity (Wildman–Crippen MR) is 136 cm³/mol. The SMILES string of the molecule is Cn1c(C(=O)N2CCC(c3ccc(C(=O)NCc4ccn5ccnc5c4)cc3)CC2)cc2occc21. The van der Waals surface area contributed by atoms with Gasteiger partial charge in [0.1, 0.15) is 11.3 Å². The van der Waals surface area contributed by atoms with Crippen molar-refractivity contribution in [2.75, 3.05) is 13.1 Å². The average Bonchev–Trinajstić information content (AvgIpc) is 3.65. The number of aromatic nitrogens is 3. The van der Waals surface area contributed by atoms with E-state index in [-0.39, 0.29) is 11.8 Å². The Morgan fingerprint density at radius 1 is 1.06 bits per heavy atom. The van der Waals surface area contributed by atoms with Crippen LogP contribution < -0.4 is 5.32 Å². The Hall–Kier alpha value is -4.33. The topological polar surface area (TPSA) is 84.8 Å². The van der Waals surface area contributed by atoms with Crippen molar-refractivity contribution >= 4 is 28.6 Å². The van der Waals surface area contributed by atoms with Gasteiger partial charge in [-0.2, -0.15) is 0 Å². The number of aryl methyl sites for hydroxylation is 1. The van der Waals surface area contributed by atoms with Crippen molar-refractivity contribution in [1.82, 2.24) is 24.2 Å². The lowest BCUT2D eigenvalue weighted by Crippen LogP contribution is -2.38. The van der Waals surface area contributed by atoms with E-state index in [0.717, 1.165) is 35.2 Å². The van der Waals surface area contributed by atoms with E-state index >= 15 is 0 Å². The number of imidazole rings is 1. The Morgan fingerprint density at radius 3 is 2.64 bits per heavy atom. The van der Waals surface area contributed by atoms with Crippen molar-refractivity contribution in [2.45, 2.75) is 25.3 Å². The molecule has 182 valence electrons. The molecule has 0 atom stereocenters. The van der Waals surface area contributed by atoms with Gasteiger partial charge < -0.3 is 23.6 Å². The normalized spacial score (nSPS) is 14.5. The van der Waals surface area contributed by atoms with Crippen LogP contribution in [0.1, 0.15) is 50.7 Å². The van der Waals surface area contributed by atoms with Gasteiger partial charge in [0.15, 0.2) is 5.58 Å². The minimum atomic E-state index is -0.0986. The average molecular weight is 482 g/mol. The first kappa shape index (κ1) is 22.2. The maximum atomic E-state index is 13.1. The van der Waals surface area contributed by atoms with Gasteiger partial charge in [0, 0.05) is 63.0 Å². The zero-order valence-electron chi connectivity index (χ0n) is 20.1. The number of carbonyl (C=O) groups excluding carboxylic acids is 2. The van der Waals surface area contributed by atoms with Crippen molar-refractivity contribution in [2.24, 2.45) is 7.05 Å². The molecule has 0 spiro atoms. The monoisotopic (exact) mass is 481 g/mol. The molecular weight excluding hydrogens is 454 g/mol. The Labute approximate surface area is 208 Å². The number of likely N-dealkylation sites (tertiary alicyclic amines) is 1. The van der Waals surface area contributed by atoms with E-state index in [9.17, 15) is 9.59 Å². The Kier molecular flexibility index (Phi) is 5.56. The van der Waals surface area contributed by atoms with Crippen molar-refractivity contribution < 1.29 is 14.0 Å². The second kappa shape index (κ2) is 9.03. The molecule has 1 N–H and O–H groups in total. The molecular formula is C28H27N5O3. The largest absolute Gasteiger partial charge is 0.463 e. The van der Waals surface area contributed by atoms with Gasteiger partial charge in [0.2, 0.25) is 0 Å². The molecule has 2 amide bonds. The summed E-state index contributed by atoms with van der Waals surface area (Å²) in [4.78, 5) is 31.9. The standard InChI is InChI=1S/C28H27N5O3/c1-31-23-9-15-36-25(23)17-24(31)28(35)33-12-7-21(8-13-33)20-2-4-22(5-3-20)27(34)30-18-19-6-11-32-14-10-29-26(32)16-19/h2-6,9-11,14-17,21H,7-8,12-13,18H2,1H3,(H,30,34). The third kappa shape index (κ3) is 4.04. The summed E-state index contributed by atoms with van der Waals surface area (Å²) in [5, 5.41) is 2.99. The summed E-state index contributed by atoms with van der Waals surface area (Å²) < 4.78 is 9.28. The number of benzene rings is 1. The number of furan rings is 1. The summed E-state index contributed by atoms with van der Waals surface area (Å²) >= 11 is 0. The molecule has 1 saturated heterocycles. The third-order valence-corrected chi connectivity index (χ3v) is 7.22. The fraction of sp³-hybridized carbons (Fsp3) is 0.250. The zero-order valence-corrected chi connectivity index (χ0v) is 20.1. The summed E-state index contributed by atoms with van der Waals surface area (Å²) in [6.07, 6.45) is 9.02. The summed E-state index contributed by atoms with van der Waals surface area (Å²) in [6, 6.07) is 15.5. The highest BCUT2D eigenvalue weighted by atomic mass is 16.3. The second-order valence-corrected chi connectivity index (χ2v) is 9.36. The molecule has 0 bridgehead atoms. The van der Waals surface area contributed by atoms with Gasteiger partial charge >= 0.3 is 0 Å². The molecule has 1 aliphatic heterocycles. The first-order chi connectivity index (χ1) is 17.6. The summed E-state index contributed by atoms with van der Waals surface area (Å²) in [7, 11) is 1.90. The van der Waals surface area contributed by atoms with E-state index in [1.54, 1.807) is 12.5 Å². The number of rotatable bonds is 5. The van der Waals surface area contributed by atoms with Crippen molar-refractivity contribution in [3.8, 4) is 0 Å². The van der Waals surface area contributed by atoms with Crippen LogP contribution in [0, 0.1) is 0 Å². The van der Waals surface area contributed by atoms with Gasteiger partial charge in [-0.25, -0.2) is 4.98 Å². The molecule has 0 saturated carbocycles. The Balaban J connectivity index is 1.04. The molecule has 1 aliphatic rings. The lowest BCUT2D eigenvalue weighted by Gasteiger charge is -2.32. The fourth-order valence-corrected chi connectivity index (χ4v) is 5.09. The molecule has 0 unspecified atom stereocenters. The highest BCUT2D eigenvalue weighted by Gasteiger charge is 2.27. The van der Waals surface area contributed by atoms with Gasteiger partial charge in [-0.05, 0) is 54.2 Å². The van der Waals surface area contributed by atoms with E-state index in [0.29, 0.717) is 36.8 Å². The quantitative estimate of drug-likeness (QED) is 0.404. The maximum Gasteiger partial charge on any atom is 0.270 e. The van der Waals surface area contributed by atoms with Gasteiger partial charge in [0.25, 0.3) is 11.8 Å². The molecule has 6 rings (SSSR count). The van der Waals surface area contributed by atoms with Crippen LogP contribution >= 0.6 is 0 Å². The van der Waals surface area contributed by atoms with Crippen molar-refractivity contribution in [3.63, 3.8) is 0 Å². The van der Waals surface area contributed by atoms with E-state index in [1.165, 1.54) is 5.56 Å². The van der Waals surface area contributed by atoms with Gasteiger partial charge in [0.05, 0.1) is 11.8 Å². The third-order valence-electron chi connectivity index (χ3n) is 7.22. The number of hydrogen-bond donors (Lipinski definition) is 1. The second-order valence-electron chi connectivity index (χ2n) is 9.36. The lowest BCUT2D eigenvalue weighted by molar-refractivity contribution is 0.0703. The lowest BCUT2D eigenvalue weighted by atomic mass is 9.89. The number of nitrogens with zero attached hydrogens (tertiary/aromatic N) is 4. The summed E-state index contributed by atoms with van der Waals surface area (Å²) in [5.41, 5.74) is 6.03. The molecule has 0 aliphatic carbocycles. The Bertz CT molecular complexity index is 1550. The number of piperidine rings is 1. The first-order valence-electron chi connectivity index (χ1n) is 12.2. The van der Waals surface area contributed by atoms with Crippen molar-refractivity contribution in [1.29, 1.82) is 0 Å². The molecule has 0 radical (unpaired) electrons. The van der Waals surface area contributed by atoms with Crippen LogP contribution in [-0.2, 0) is 13.6 Å². The molecule has 5 aromatic rings. The van der Waals surface area contributed by atoms with Crippen LogP contribution in [0.3, 0.4) is 0 Å². The minimum Gasteiger partial charge on any atom is -0.463 e. The van der Waals surface area contributed by atoms with Crippen LogP contribution in [0.15, 0.2) is 77.8 Å². The van der Waals surface area contributed by atoms with Crippen LogP contribution in [0.25, 0.3) is 16.7 Å². The number of nitrogens with one attached hydrogen (secondary N) is 1. The molecule has 1 aromatic carbocycles. The summed E-state index contributed by atoms with van der Waals surface area (Å²) in [5.74, 6) is 0.317. The van der Waals surface area contributed by atoms with Crippen molar-refractivity contribution in [3.05, 3.63) is 95.8 Å². The van der Waals surface area contributed by atoms with Gasteiger partial charge in [-0.15, -0.1) is 0 Å². The first-order valence-corrected chi connectivity index (χ1v) is 12.2. The highest BCUT2D eigenvalue weighted by Crippen LogP contribution is 2.30.